The van der Waals surface area contributed by atoms with Crippen molar-refractivity contribution in [1.82, 2.24) is 0 Å². The number of aliphatic hydroxyl groups is 1. The Morgan fingerprint density at radius 2 is 2.43 bits per heavy atom. The average Bonchev–Trinajstić information content (AvgIpc) is 1.68. The number of allylic oxidation sites excluding steroid dienone is 1. The third-order valence-corrected chi connectivity index (χ3v) is 0.850. The van der Waals surface area contributed by atoms with Gasteiger partial charge in [0.25, 0.3) is 0 Å². The van der Waals surface area contributed by atoms with E-state index in [1.54, 1.807) is 6.08 Å². The highest BCUT2D eigenvalue weighted by Gasteiger charge is 1.81. The Morgan fingerprint density at radius 1 is 1.86 bits per heavy atom. The summed E-state index contributed by atoms with van der Waals surface area (Å²) in [5.41, 5.74) is 0. The predicted molar refractivity (Wildman–Crippen MR) is 31.3 cm³/mol. The van der Waals surface area contributed by atoms with Crippen molar-refractivity contribution in [2.24, 2.45) is 0 Å². The molecule has 0 spiro atoms. The highest BCUT2D eigenvalue weighted by Crippen LogP contribution is 1.98. The summed E-state index contributed by atoms with van der Waals surface area (Å²) < 4.78 is 0. The second-order valence-electron chi connectivity index (χ2n) is 1.22. The van der Waals surface area contributed by atoms with E-state index in [1.165, 1.54) is 0 Å². The summed E-state index contributed by atoms with van der Waals surface area (Å²) >= 11 is 5.38. The van der Waals surface area contributed by atoms with Gasteiger partial charge in [0.1, 0.15) is 0 Å². The third-order valence-electron chi connectivity index (χ3n) is 0.577. The minimum Gasteiger partial charge on any atom is -0.391 e. The summed E-state index contributed by atoms with van der Waals surface area (Å²) in [4.78, 5) is 0. The molecule has 0 unspecified atom stereocenters. The van der Waals surface area contributed by atoms with Crippen LogP contribution in [0.1, 0.15) is 13.3 Å². The quantitative estimate of drug-likeness (QED) is 0.586. The normalized spacial score (nSPS) is 12.1. The monoisotopic (exact) mass is 120 g/mol. The summed E-state index contributed by atoms with van der Waals surface area (Å²) in [5.74, 6) is 0. The summed E-state index contributed by atoms with van der Waals surface area (Å²) in [6.45, 7) is 1.94. The van der Waals surface area contributed by atoms with Crippen molar-refractivity contribution >= 4 is 11.6 Å². The molecule has 42 valence electrons. The average molecular weight is 121 g/mol. The molecular formula is C5H9ClO. The first-order chi connectivity index (χ1) is 3.31. The van der Waals surface area contributed by atoms with Gasteiger partial charge in [-0.2, -0.15) is 0 Å². The van der Waals surface area contributed by atoms with Crippen LogP contribution in [0.25, 0.3) is 0 Å². The summed E-state index contributed by atoms with van der Waals surface area (Å²) in [7, 11) is 0. The Hall–Kier alpha value is -0.0100. The van der Waals surface area contributed by atoms with Crippen molar-refractivity contribution in [2.75, 3.05) is 6.61 Å². The zero-order chi connectivity index (χ0) is 5.70. The number of rotatable bonds is 2. The van der Waals surface area contributed by atoms with Gasteiger partial charge in [0, 0.05) is 5.03 Å². The van der Waals surface area contributed by atoms with Crippen LogP contribution in [0.2, 0.25) is 0 Å². The van der Waals surface area contributed by atoms with E-state index in [4.69, 9.17) is 16.7 Å². The minimum atomic E-state index is -0.0323. The lowest BCUT2D eigenvalue weighted by Crippen LogP contribution is -1.77. The minimum absolute atomic E-state index is 0.0323. The van der Waals surface area contributed by atoms with Gasteiger partial charge in [0.15, 0.2) is 0 Å². The van der Waals surface area contributed by atoms with E-state index in [-0.39, 0.29) is 6.61 Å². The molecule has 0 saturated heterocycles. The Bertz CT molecular complexity index is 68.5. The highest BCUT2D eigenvalue weighted by atomic mass is 35.5. The first kappa shape index (κ1) is 6.99. The molecule has 0 fully saturated rings. The van der Waals surface area contributed by atoms with Crippen molar-refractivity contribution in [1.29, 1.82) is 0 Å². The first-order valence-corrected chi connectivity index (χ1v) is 2.64. The van der Waals surface area contributed by atoms with Gasteiger partial charge in [-0.25, -0.2) is 0 Å². The third kappa shape index (κ3) is 3.83. The molecule has 0 radical (unpaired) electrons. The molecule has 0 heterocycles. The molecule has 0 bridgehead atoms. The lowest BCUT2D eigenvalue weighted by Gasteiger charge is -1.85. The maximum atomic E-state index is 8.27. The molecule has 0 aliphatic rings. The van der Waals surface area contributed by atoms with Crippen LogP contribution in [0.4, 0.5) is 0 Å². The van der Waals surface area contributed by atoms with E-state index in [2.05, 4.69) is 0 Å². The molecule has 7 heavy (non-hydrogen) atoms. The van der Waals surface area contributed by atoms with E-state index >= 15 is 0 Å². The zero-order valence-electron chi connectivity index (χ0n) is 4.32. The highest BCUT2D eigenvalue weighted by molar-refractivity contribution is 6.29. The molecule has 0 saturated carbocycles. The second kappa shape index (κ2) is 4.16. The number of hydrogen-bond acceptors (Lipinski definition) is 1. The van der Waals surface area contributed by atoms with Crippen molar-refractivity contribution < 1.29 is 5.11 Å². The molecule has 0 aliphatic carbocycles. The Morgan fingerprint density at radius 3 is 2.57 bits per heavy atom. The van der Waals surface area contributed by atoms with Crippen LogP contribution < -0.4 is 0 Å². The lowest BCUT2D eigenvalue weighted by molar-refractivity contribution is 0.338. The number of halogens is 1. The molecule has 0 amide bonds. The second-order valence-corrected chi connectivity index (χ2v) is 1.70. The lowest BCUT2D eigenvalue weighted by atomic mass is 10.4. The maximum absolute atomic E-state index is 8.27. The molecule has 0 aromatic heterocycles. The van der Waals surface area contributed by atoms with Crippen molar-refractivity contribution in [3.8, 4) is 0 Å². The van der Waals surface area contributed by atoms with Gasteiger partial charge in [-0.05, 0) is 6.42 Å². The number of aliphatic hydroxyl groups excluding tert-OH is 1. The molecule has 1 nitrogen and oxygen atoms in total. The largest absolute Gasteiger partial charge is 0.391 e. The Kier molecular flexibility index (Phi) is 4.15. The van der Waals surface area contributed by atoms with Crippen LogP contribution >= 0.6 is 11.6 Å². The van der Waals surface area contributed by atoms with Crippen LogP contribution in [0, 0.1) is 0 Å². The molecular weight excluding hydrogens is 112 g/mol. The predicted octanol–water partition coefficient (Wildman–Crippen LogP) is 1.51. The Labute approximate surface area is 48.6 Å². The van der Waals surface area contributed by atoms with Crippen LogP contribution in [0.15, 0.2) is 11.1 Å². The fourth-order valence-electron chi connectivity index (χ4n) is 0.286. The van der Waals surface area contributed by atoms with E-state index in [0.29, 0.717) is 5.03 Å². The van der Waals surface area contributed by atoms with Gasteiger partial charge in [-0.3, -0.25) is 0 Å². The zero-order valence-corrected chi connectivity index (χ0v) is 5.07. The molecule has 1 N–H and O–H groups in total. The van der Waals surface area contributed by atoms with Crippen LogP contribution in [-0.4, -0.2) is 11.7 Å². The van der Waals surface area contributed by atoms with Crippen molar-refractivity contribution in [2.45, 2.75) is 13.3 Å². The van der Waals surface area contributed by atoms with Crippen molar-refractivity contribution in [3.05, 3.63) is 11.1 Å². The summed E-state index contributed by atoms with van der Waals surface area (Å²) in [5, 5.41) is 8.80. The van der Waals surface area contributed by atoms with Crippen LogP contribution in [0.3, 0.4) is 0 Å². The van der Waals surface area contributed by atoms with Crippen LogP contribution in [-0.2, 0) is 0 Å². The van der Waals surface area contributed by atoms with E-state index in [1.807, 2.05) is 6.92 Å². The van der Waals surface area contributed by atoms with Gasteiger partial charge < -0.3 is 5.11 Å². The molecule has 0 rings (SSSR count). The van der Waals surface area contributed by atoms with Gasteiger partial charge in [0.2, 0.25) is 0 Å². The van der Waals surface area contributed by atoms with Gasteiger partial charge in [-0.15, -0.1) is 0 Å². The molecule has 2 heteroatoms. The molecule has 0 atom stereocenters. The smallest absolute Gasteiger partial charge is 0.0784 e. The topological polar surface area (TPSA) is 20.2 Å². The fourth-order valence-corrected chi connectivity index (χ4v) is 0.440. The van der Waals surface area contributed by atoms with Crippen LogP contribution in [0.5, 0.6) is 0 Å². The standard InChI is InChI=1S/C5H9ClO/c1-2-3-5(6)4-7/h3,7H,2,4H2,1H3/b5-3-. The molecule has 0 aromatic rings. The summed E-state index contributed by atoms with van der Waals surface area (Å²) in [6.07, 6.45) is 2.67. The molecule has 0 aliphatic heterocycles. The van der Waals surface area contributed by atoms with E-state index < -0.39 is 0 Å². The van der Waals surface area contributed by atoms with Gasteiger partial charge in [-0.1, -0.05) is 24.6 Å². The number of hydrogen-bond donors (Lipinski definition) is 1. The van der Waals surface area contributed by atoms with Crippen molar-refractivity contribution in [3.63, 3.8) is 0 Å². The van der Waals surface area contributed by atoms with Gasteiger partial charge >= 0.3 is 0 Å². The molecule has 0 aromatic carbocycles. The van der Waals surface area contributed by atoms with E-state index in [0.717, 1.165) is 6.42 Å². The summed E-state index contributed by atoms with van der Waals surface area (Å²) in [6, 6.07) is 0. The van der Waals surface area contributed by atoms with Gasteiger partial charge in [0.05, 0.1) is 6.61 Å². The Balaban J connectivity index is 3.29. The SMILES string of the molecule is CC/C=C(\Cl)CO. The van der Waals surface area contributed by atoms with E-state index in [9.17, 15) is 0 Å². The maximum Gasteiger partial charge on any atom is 0.0784 e. The first-order valence-electron chi connectivity index (χ1n) is 2.26. The fraction of sp³-hybridized carbons (Fsp3) is 0.600.